The summed E-state index contributed by atoms with van der Waals surface area (Å²) in [6, 6.07) is 13.5. The number of amides is 1. The number of likely N-dealkylation sites (N-methyl/N-ethyl adjacent to an activating group) is 1. The summed E-state index contributed by atoms with van der Waals surface area (Å²) >= 11 is 0. The molecular weight excluding hydrogens is 382 g/mol. The quantitative estimate of drug-likeness (QED) is 0.718. The molecule has 0 radical (unpaired) electrons. The fraction of sp³-hybridized carbons (Fsp3) is 0.435. The highest BCUT2D eigenvalue weighted by molar-refractivity contribution is 5.94. The number of nitrogens with zero attached hydrogens (tertiary/aromatic N) is 2. The molecule has 1 aliphatic rings. The van der Waals surface area contributed by atoms with Crippen molar-refractivity contribution < 1.29 is 19.0 Å². The average Bonchev–Trinajstić information content (AvgIpc) is 2.79. The fourth-order valence-corrected chi connectivity index (χ4v) is 3.43. The first-order valence-electron chi connectivity index (χ1n) is 10.2. The molecular formula is C23H31N3O4. The average molecular weight is 414 g/mol. The normalized spacial score (nSPS) is 15.0. The van der Waals surface area contributed by atoms with E-state index in [0.717, 1.165) is 43.2 Å². The van der Waals surface area contributed by atoms with Gasteiger partial charge in [0.2, 0.25) is 5.91 Å². The van der Waals surface area contributed by atoms with Crippen molar-refractivity contribution >= 4 is 17.3 Å². The second kappa shape index (κ2) is 10.3. The van der Waals surface area contributed by atoms with Gasteiger partial charge in [-0.05, 0) is 55.9 Å². The van der Waals surface area contributed by atoms with Gasteiger partial charge in [-0.3, -0.25) is 9.69 Å². The van der Waals surface area contributed by atoms with E-state index in [1.165, 1.54) is 0 Å². The van der Waals surface area contributed by atoms with Crippen LogP contribution in [-0.2, 0) is 16.1 Å². The van der Waals surface area contributed by atoms with Crippen LogP contribution in [0.15, 0.2) is 42.5 Å². The van der Waals surface area contributed by atoms with Crippen LogP contribution < -0.4 is 19.7 Å². The van der Waals surface area contributed by atoms with Crippen molar-refractivity contribution in [3.05, 3.63) is 48.0 Å². The lowest BCUT2D eigenvalue weighted by molar-refractivity contribution is -0.120. The molecule has 1 unspecified atom stereocenters. The SMILES string of the molecule is COc1ccc(CN(C)C(C)C(=O)Nc2ccc(N3CCOCC3)cc2)cc1OC. The zero-order valence-electron chi connectivity index (χ0n) is 18.2. The van der Waals surface area contributed by atoms with Crippen LogP contribution in [0, 0.1) is 0 Å². The van der Waals surface area contributed by atoms with Crippen LogP contribution in [0.5, 0.6) is 11.5 Å². The van der Waals surface area contributed by atoms with Gasteiger partial charge in [-0.2, -0.15) is 0 Å². The lowest BCUT2D eigenvalue weighted by Crippen LogP contribution is -2.39. The molecule has 0 bridgehead atoms. The molecule has 30 heavy (non-hydrogen) atoms. The van der Waals surface area contributed by atoms with Crippen LogP contribution >= 0.6 is 0 Å². The standard InChI is InChI=1S/C23H31N3O4/c1-17(25(2)16-18-5-10-21(28-3)22(15-18)29-4)23(27)24-19-6-8-20(9-7-19)26-11-13-30-14-12-26/h5-10,15,17H,11-14,16H2,1-4H3,(H,24,27). The Bertz CT molecular complexity index is 835. The number of rotatable bonds is 8. The second-order valence-corrected chi connectivity index (χ2v) is 7.42. The molecule has 1 N–H and O–H groups in total. The molecule has 1 aliphatic heterocycles. The molecule has 1 amide bonds. The van der Waals surface area contributed by atoms with Gasteiger partial charge in [-0.15, -0.1) is 0 Å². The van der Waals surface area contributed by atoms with Crippen LogP contribution in [0.2, 0.25) is 0 Å². The topological polar surface area (TPSA) is 63.3 Å². The van der Waals surface area contributed by atoms with Gasteiger partial charge in [0.15, 0.2) is 11.5 Å². The Morgan fingerprint density at radius 3 is 2.40 bits per heavy atom. The number of hydrogen-bond acceptors (Lipinski definition) is 6. The van der Waals surface area contributed by atoms with Gasteiger partial charge in [0.05, 0.1) is 33.5 Å². The Hall–Kier alpha value is -2.77. The van der Waals surface area contributed by atoms with Gasteiger partial charge in [0.1, 0.15) is 0 Å². The largest absolute Gasteiger partial charge is 0.493 e. The fourth-order valence-electron chi connectivity index (χ4n) is 3.43. The van der Waals surface area contributed by atoms with E-state index in [1.807, 2.05) is 61.3 Å². The maximum absolute atomic E-state index is 12.7. The monoisotopic (exact) mass is 413 g/mol. The molecule has 0 saturated carbocycles. The highest BCUT2D eigenvalue weighted by Gasteiger charge is 2.19. The van der Waals surface area contributed by atoms with Crippen LogP contribution in [0.1, 0.15) is 12.5 Å². The first kappa shape index (κ1) is 21.9. The zero-order chi connectivity index (χ0) is 21.5. The third-order valence-electron chi connectivity index (χ3n) is 5.43. The molecule has 7 heteroatoms. The van der Waals surface area contributed by atoms with Crippen molar-refractivity contribution in [3.8, 4) is 11.5 Å². The number of hydrogen-bond donors (Lipinski definition) is 1. The molecule has 0 spiro atoms. The number of nitrogens with one attached hydrogen (secondary N) is 1. The first-order chi connectivity index (χ1) is 14.5. The molecule has 2 aromatic rings. The van der Waals surface area contributed by atoms with Crippen LogP contribution in [-0.4, -0.2) is 64.4 Å². The molecule has 0 aromatic heterocycles. The molecule has 1 atom stereocenters. The van der Waals surface area contributed by atoms with E-state index in [1.54, 1.807) is 14.2 Å². The van der Waals surface area contributed by atoms with Crippen molar-refractivity contribution in [1.29, 1.82) is 0 Å². The lowest BCUT2D eigenvalue weighted by Gasteiger charge is -2.29. The van der Waals surface area contributed by atoms with Gasteiger partial charge in [-0.1, -0.05) is 6.07 Å². The third kappa shape index (κ3) is 5.43. The van der Waals surface area contributed by atoms with Crippen molar-refractivity contribution in [3.63, 3.8) is 0 Å². The minimum atomic E-state index is -0.294. The summed E-state index contributed by atoms with van der Waals surface area (Å²) in [5.41, 5.74) is 2.99. The predicted octanol–water partition coefficient (Wildman–Crippen LogP) is 3.00. The molecule has 0 aliphatic carbocycles. The zero-order valence-corrected chi connectivity index (χ0v) is 18.2. The number of carbonyl (C=O) groups excluding carboxylic acids is 1. The number of benzene rings is 2. The molecule has 162 valence electrons. The van der Waals surface area contributed by atoms with E-state index in [2.05, 4.69) is 10.2 Å². The summed E-state index contributed by atoms with van der Waals surface area (Å²) in [7, 11) is 5.16. The smallest absolute Gasteiger partial charge is 0.241 e. The van der Waals surface area contributed by atoms with Crippen molar-refractivity contribution in [2.24, 2.45) is 0 Å². The number of carbonyl (C=O) groups is 1. The van der Waals surface area contributed by atoms with E-state index in [4.69, 9.17) is 14.2 Å². The summed E-state index contributed by atoms with van der Waals surface area (Å²) in [5.74, 6) is 1.33. The Balaban J connectivity index is 1.57. The molecule has 1 fully saturated rings. The third-order valence-corrected chi connectivity index (χ3v) is 5.43. The molecule has 7 nitrogen and oxygen atoms in total. The van der Waals surface area contributed by atoms with Crippen molar-refractivity contribution in [2.45, 2.75) is 19.5 Å². The second-order valence-electron chi connectivity index (χ2n) is 7.42. The summed E-state index contributed by atoms with van der Waals surface area (Å²) in [5, 5.41) is 3.01. The molecule has 1 saturated heterocycles. The van der Waals surface area contributed by atoms with Crippen LogP contribution in [0.4, 0.5) is 11.4 Å². The van der Waals surface area contributed by atoms with Crippen molar-refractivity contribution in [2.75, 3.05) is 57.8 Å². The van der Waals surface area contributed by atoms with E-state index >= 15 is 0 Å². The maximum Gasteiger partial charge on any atom is 0.241 e. The number of methoxy groups -OCH3 is 2. The minimum Gasteiger partial charge on any atom is -0.493 e. The predicted molar refractivity (Wildman–Crippen MR) is 119 cm³/mol. The molecule has 3 rings (SSSR count). The van der Waals surface area contributed by atoms with Gasteiger partial charge < -0.3 is 24.4 Å². The Morgan fingerprint density at radius 1 is 1.10 bits per heavy atom. The van der Waals surface area contributed by atoms with Gasteiger partial charge in [-0.25, -0.2) is 0 Å². The maximum atomic E-state index is 12.7. The van der Waals surface area contributed by atoms with Crippen LogP contribution in [0.25, 0.3) is 0 Å². The molecule has 1 heterocycles. The van der Waals surface area contributed by atoms with Crippen LogP contribution in [0.3, 0.4) is 0 Å². The first-order valence-corrected chi connectivity index (χ1v) is 10.2. The Morgan fingerprint density at radius 2 is 1.77 bits per heavy atom. The van der Waals surface area contributed by atoms with Crippen molar-refractivity contribution in [1.82, 2.24) is 4.90 Å². The number of ether oxygens (including phenoxy) is 3. The Labute approximate surface area is 178 Å². The van der Waals surface area contributed by atoms with E-state index in [0.29, 0.717) is 18.0 Å². The highest BCUT2D eigenvalue weighted by atomic mass is 16.5. The lowest BCUT2D eigenvalue weighted by atomic mass is 10.1. The van der Waals surface area contributed by atoms with E-state index in [-0.39, 0.29) is 11.9 Å². The summed E-state index contributed by atoms with van der Waals surface area (Å²) in [6.45, 7) is 5.81. The van der Waals surface area contributed by atoms with Gasteiger partial charge in [0.25, 0.3) is 0 Å². The Kier molecular flexibility index (Phi) is 7.54. The molecule has 2 aromatic carbocycles. The minimum absolute atomic E-state index is 0.0444. The summed E-state index contributed by atoms with van der Waals surface area (Å²) in [6.07, 6.45) is 0. The van der Waals surface area contributed by atoms with E-state index < -0.39 is 0 Å². The van der Waals surface area contributed by atoms with Gasteiger partial charge >= 0.3 is 0 Å². The number of morpholine rings is 1. The number of anilines is 2. The van der Waals surface area contributed by atoms with E-state index in [9.17, 15) is 4.79 Å². The summed E-state index contributed by atoms with van der Waals surface area (Å²) in [4.78, 5) is 17.0. The van der Waals surface area contributed by atoms with Gasteiger partial charge in [0, 0.05) is 31.0 Å². The summed E-state index contributed by atoms with van der Waals surface area (Å²) < 4.78 is 16.0. The highest BCUT2D eigenvalue weighted by Crippen LogP contribution is 2.28.